The molecule has 0 aliphatic rings. The number of carbonyl (C=O) groups excluding carboxylic acids is 2. The van der Waals surface area contributed by atoms with Gasteiger partial charge in [0.15, 0.2) is 0 Å². The normalized spacial score (nSPS) is 12.1. The zero-order valence-corrected chi connectivity index (χ0v) is 11.7. The molecule has 0 aromatic heterocycles. The van der Waals surface area contributed by atoms with Gasteiger partial charge < -0.3 is 20.1 Å². The second kappa shape index (κ2) is 8.29. The number of hydrogen-bond donors (Lipinski definition) is 1. The third-order valence-electron chi connectivity index (χ3n) is 1.41. The minimum atomic E-state index is -2.05. The Morgan fingerprint density at radius 2 is 1.62 bits per heavy atom. The molecular formula is C10H22NO4Si-. The molecule has 1 atom stereocenters. The van der Waals surface area contributed by atoms with Crippen LogP contribution < -0.4 is 10.8 Å². The molecule has 2 N–H and O–H groups in total. The van der Waals surface area contributed by atoms with E-state index in [-0.39, 0.29) is 0 Å². The molecule has 96 valence electrons. The SMILES string of the molecule is CCCC.C[Si](C)(C)OC(=O)C(N)C(=O)[O-]. The monoisotopic (exact) mass is 248 g/mol. The van der Waals surface area contributed by atoms with Crippen LogP contribution in [0.4, 0.5) is 0 Å². The number of nitrogens with two attached hydrogens (primary N) is 1. The van der Waals surface area contributed by atoms with Crippen molar-refractivity contribution in [3.05, 3.63) is 0 Å². The van der Waals surface area contributed by atoms with Gasteiger partial charge in [-0.2, -0.15) is 0 Å². The highest BCUT2D eigenvalue weighted by Crippen LogP contribution is 2.03. The summed E-state index contributed by atoms with van der Waals surface area (Å²) in [6, 6.07) is -1.67. The molecule has 0 fully saturated rings. The Labute approximate surface area is 98.1 Å². The lowest BCUT2D eigenvalue weighted by atomic mass is 10.3. The molecule has 0 aliphatic carbocycles. The molecule has 0 aliphatic heterocycles. The maximum absolute atomic E-state index is 10.9. The quantitative estimate of drug-likeness (QED) is 0.568. The van der Waals surface area contributed by atoms with Crippen LogP contribution in [0.3, 0.4) is 0 Å². The summed E-state index contributed by atoms with van der Waals surface area (Å²) in [6.07, 6.45) is 2.64. The van der Waals surface area contributed by atoms with Crippen molar-refractivity contribution in [3.8, 4) is 0 Å². The van der Waals surface area contributed by atoms with Gasteiger partial charge in [-0.15, -0.1) is 0 Å². The van der Waals surface area contributed by atoms with Crippen molar-refractivity contribution in [2.24, 2.45) is 5.73 Å². The van der Waals surface area contributed by atoms with Crippen molar-refractivity contribution in [3.63, 3.8) is 0 Å². The lowest BCUT2D eigenvalue weighted by Gasteiger charge is -2.20. The standard InChI is InChI=1S/C6H13NO4Si.C4H10/c1-12(2,3)11-6(10)4(7)5(8)9;1-3-4-2/h4H,7H2,1-3H3,(H,8,9);3-4H2,1-2H3/p-1. The predicted octanol–water partition coefficient (Wildman–Crippen LogP) is 0.248. The Balaban J connectivity index is 0. The summed E-state index contributed by atoms with van der Waals surface area (Å²) >= 11 is 0. The number of carbonyl (C=O) groups is 2. The topological polar surface area (TPSA) is 92.5 Å². The fourth-order valence-corrected chi connectivity index (χ4v) is 1.19. The molecule has 5 nitrogen and oxygen atoms in total. The van der Waals surface area contributed by atoms with E-state index in [4.69, 9.17) is 10.2 Å². The van der Waals surface area contributed by atoms with Gasteiger partial charge in [-0.1, -0.05) is 26.7 Å². The van der Waals surface area contributed by atoms with E-state index in [1.165, 1.54) is 12.8 Å². The molecule has 6 heteroatoms. The summed E-state index contributed by atoms with van der Waals surface area (Å²) in [6.45, 7) is 9.63. The van der Waals surface area contributed by atoms with E-state index in [0.29, 0.717) is 0 Å². The fraction of sp³-hybridized carbons (Fsp3) is 0.800. The third kappa shape index (κ3) is 11.2. The highest BCUT2D eigenvalue weighted by molar-refractivity contribution is 6.71. The van der Waals surface area contributed by atoms with Crippen LogP contribution in [0, 0.1) is 0 Å². The zero-order valence-electron chi connectivity index (χ0n) is 10.7. The van der Waals surface area contributed by atoms with Crippen molar-refractivity contribution < 1.29 is 19.1 Å². The molecule has 1 unspecified atom stereocenters. The number of unbranched alkanes of at least 4 members (excludes halogenated alkanes) is 1. The average molecular weight is 248 g/mol. The summed E-state index contributed by atoms with van der Waals surface area (Å²) in [4.78, 5) is 21.0. The van der Waals surface area contributed by atoms with E-state index < -0.39 is 26.3 Å². The smallest absolute Gasteiger partial charge is 0.315 e. The van der Waals surface area contributed by atoms with Crippen molar-refractivity contribution >= 4 is 20.3 Å². The number of hydrogen-bond acceptors (Lipinski definition) is 5. The number of carboxylic acid groups (broad SMARTS) is 1. The van der Waals surface area contributed by atoms with Crippen molar-refractivity contribution in [1.82, 2.24) is 0 Å². The fourth-order valence-electron chi connectivity index (χ4n) is 0.461. The van der Waals surface area contributed by atoms with Crippen LogP contribution in [0.25, 0.3) is 0 Å². The van der Waals surface area contributed by atoms with Crippen LogP contribution in [-0.4, -0.2) is 26.3 Å². The van der Waals surface area contributed by atoms with Gasteiger partial charge in [-0.3, -0.25) is 4.79 Å². The molecule has 0 aromatic carbocycles. The molecule has 0 rings (SSSR count). The largest absolute Gasteiger partial charge is 0.548 e. The van der Waals surface area contributed by atoms with Crippen LogP contribution >= 0.6 is 0 Å². The first kappa shape index (κ1) is 17.5. The summed E-state index contributed by atoms with van der Waals surface area (Å²) in [5, 5.41) is 10.1. The van der Waals surface area contributed by atoms with Crippen LogP contribution in [0.5, 0.6) is 0 Å². The maximum atomic E-state index is 10.9. The van der Waals surface area contributed by atoms with Gasteiger partial charge in [0.25, 0.3) is 0 Å². The molecule has 0 spiro atoms. The Morgan fingerprint density at radius 3 is 1.81 bits per heavy atom. The lowest BCUT2D eigenvalue weighted by molar-refractivity contribution is -0.306. The van der Waals surface area contributed by atoms with Crippen LogP contribution in [0.1, 0.15) is 26.7 Å². The molecule has 0 radical (unpaired) electrons. The van der Waals surface area contributed by atoms with Crippen LogP contribution in [0.2, 0.25) is 19.6 Å². The van der Waals surface area contributed by atoms with E-state index in [1.54, 1.807) is 19.6 Å². The predicted molar refractivity (Wildman–Crippen MR) is 63.0 cm³/mol. The average Bonchev–Trinajstić information content (AvgIpc) is 2.14. The number of aliphatic carboxylic acids is 1. The first-order chi connectivity index (χ1) is 7.15. The minimum Gasteiger partial charge on any atom is -0.548 e. The van der Waals surface area contributed by atoms with Gasteiger partial charge in [-0.25, -0.2) is 0 Å². The Hall–Kier alpha value is -0.883. The van der Waals surface area contributed by atoms with E-state index in [2.05, 4.69) is 13.8 Å². The van der Waals surface area contributed by atoms with E-state index in [1.807, 2.05) is 0 Å². The van der Waals surface area contributed by atoms with Gasteiger partial charge in [0.05, 0.1) is 5.97 Å². The lowest BCUT2D eigenvalue weighted by Crippen LogP contribution is -2.50. The summed E-state index contributed by atoms with van der Waals surface area (Å²) in [7, 11) is -2.05. The summed E-state index contributed by atoms with van der Waals surface area (Å²) in [5.41, 5.74) is 4.95. The number of carboxylic acids is 1. The summed E-state index contributed by atoms with van der Waals surface area (Å²) in [5.74, 6) is -2.53. The second-order valence-corrected chi connectivity index (χ2v) is 8.76. The van der Waals surface area contributed by atoms with E-state index >= 15 is 0 Å². The molecule has 0 bridgehead atoms. The minimum absolute atomic E-state index is 0.922. The first-order valence-electron chi connectivity index (χ1n) is 5.35. The first-order valence-corrected chi connectivity index (χ1v) is 8.75. The van der Waals surface area contributed by atoms with Gasteiger partial charge in [0.1, 0.15) is 6.04 Å². The van der Waals surface area contributed by atoms with Crippen LogP contribution in [-0.2, 0) is 14.0 Å². The second-order valence-electron chi connectivity index (χ2n) is 4.33. The molecule has 0 heterocycles. The van der Waals surface area contributed by atoms with Crippen molar-refractivity contribution in [2.75, 3.05) is 0 Å². The van der Waals surface area contributed by atoms with E-state index in [9.17, 15) is 14.7 Å². The summed E-state index contributed by atoms with van der Waals surface area (Å²) < 4.78 is 4.81. The molecule has 0 saturated heterocycles. The maximum Gasteiger partial charge on any atom is 0.315 e. The Morgan fingerprint density at radius 1 is 1.25 bits per heavy atom. The molecule has 16 heavy (non-hydrogen) atoms. The molecule has 0 amide bonds. The zero-order chi connectivity index (χ0) is 13.4. The molecule has 0 saturated carbocycles. The van der Waals surface area contributed by atoms with Gasteiger partial charge in [-0.05, 0) is 19.6 Å². The van der Waals surface area contributed by atoms with Crippen molar-refractivity contribution in [2.45, 2.75) is 52.4 Å². The van der Waals surface area contributed by atoms with Gasteiger partial charge in [0, 0.05) is 0 Å². The number of rotatable bonds is 4. The van der Waals surface area contributed by atoms with Crippen molar-refractivity contribution in [1.29, 1.82) is 0 Å². The molecular weight excluding hydrogens is 226 g/mol. The van der Waals surface area contributed by atoms with Crippen LogP contribution in [0.15, 0.2) is 0 Å². The highest BCUT2D eigenvalue weighted by atomic mass is 28.4. The van der Waals surface area contributed by atoms with Gasteiger partial charge >= 0.3 is 5.97 Å². The van der Waals surface area contributed by atoms with E-state index in [0.717, 1.165) is 0 Å². The third-order valence-corrected chi connectivity index (χ3v) is 2.23. The van der Waals surface area contributed by atoms with Gasteiger partial charge in [0.2, 0.25) is 8.32 Å². The highest BCUT2D eigenvalue weighted by Gasteiger charge is 2.24. The Bertz CT molecular complexity index is 223. The Kier molecular flexibility index (Phi) is 9.07. The molecule has 0 aromatic rings.